The van der Waals surface area contributed by atoms with Crippen molar-refractivity contribution in [2.75, 3.05) is 5.73 Å². The van der Waals surface area contributed by atoms with Crippen molar-refractivity contribution in [2.24, 2.45) is 0 Å². The van der Waals surface area contributed by atoms with Crippen molar-refractivity contribution < 1.29 is 4.79 Å². The minimum atomic E-state index is 0.178. The van der Waals surface area contributed by atoms with E-state index in [1.54, 1.807) is 6.08 Å². The highest BCUT2D eigenvalue weighted by molar-refractivity contribution is 5.90. The molecule has 80 valence electrons. The highest BCUT2D eigenvalue weighted by atomic mass is 16.1. The number of nitrogens with two attached hydrogens (primary N) is 1. The Labute approximate surface area is 90.8 Å². The van der Waals surface area contributed by atoms with E-state index < -0.39 is 0 Å². The standard InChI is InChI=1S/C13H17NO/c1-10(2)8-13(15)7-6-11-4-3-5-12(14)9-11/h3-5,8-9H,6-7,14H2,1-2H3. The molecule has 0 bridgehead atoms. The highest BCUT2D eigenvalue weighted by Gasteiger charge is 1.99. The van der Waals surface area contributed by atoms with Crippen LogP contribution >= 0.6 is 0 Å². The van der Waals surface area contributed by atoms with Crippen LogP contribution in [0.15, 0.2) is 35.9 Å². The normalized spacial score (nSPS) is 9.73. The molecule has 1 aromatic carbocycles. The maximum absolute atomic E-state index is 11.4. The smallest absolute Gasteiger partial charge is 0.155 e. The Balaban J connectivity index is 2.51. The van der Waals surface area contributed by atoms with Crippen LogP contribution in [-0.4, -0.2) is 5.78 Å². The topological polar surface area (TPSA) is 43.1 Å². The summed E-state index contributed by atoms with van der Waals surface area (Å²) in [5.74, 6) is 0.178. The largest absolute Gasteiger partial charge is 0.399 e. The van der Waals surface area contributed by atoms with Crippen molar-refractivity contribution in [3.05, 3.63) is 41.5 Å². The van der Waals surface area contributed by atoms with Crippen LogP contribution in [0.25, 0.3) is 0 Å². The van der Waals surface area contributed by atoms with E-state index in [2.05, 4.69) is 0 Å². The Morgan fingerprint density at radius 1 is 1.40 bits per heavy atom. The number of carbonyl (C=O) groups excluding carboxylic acids is 1. The number of ketones is 1. The average molecular weight is 203 g/mol. The monoisotopic (exact) mass is 203 g/mol. The highest BCUT2D eigenvalue weighted by Crippen LogP contribution is 2.09. The number of nitrogen functional groups attached to an aromatic ring is 1. The lowest BCUT2D eigenvalue weighted by molar-refractivity contribution is -0.114. The van der Waals surface area contributed by atoms with Gasteiger partial charge in [0.25, 0.3) is 0 Å². The lowest BCUT2D eigenvalue weighted by atomic mass is 10.1. The number of benzene rings is 1. The van der Waals surface area contributed by atoms with E-state index in [0.717, 1.165) is 23.2 Å². The van der Waals surface area contributed by atoms with Crippen LogP contribution in [0.2, 0.25) is 0 Å². The third-order valence-electron chi connectivity index (χ3n) is 2.06. The zero-order chi connectivity index (χ0) is 11.3. The van der Waals surface area contributed by atoms with Gasteiger partial charge >= 0.3 is 0 Å². The van der Waals surface area contributed by atoms with Gasteiger partial charge in [-0.05, 0) is 44.0 Å². The molecule has 0 atom stereocenters. The van der Waals surface area contributed by atoms with E-state index in [1.165, 1.54) is 0 Å². The molecule has 0 aliphatic heterocycles. The average Bonchev–Trinajstić information content (AvgIpc) is 2.14. The lowest BCUT2D eigenvalue weighted by Crippen LogP contribution is -1.97. The first-order valence-electron chi connectivity index (χ1n) is 5.10. The minimum Gasteiger partial charge on any atom is -0.399 e. The molecule has 2 heteroatoms. The third-order valence-corrected chi connectivity index (χ3v) is 2.06. The molecule has 0 aliphatic carbocycles. The molecule has 0 saturated heterocycles. The fraction of sp³-hybridized carbons (Fsp3) is 0.308. The van der Waals surface area contributed by atoms with Gasteiger partial charge in [-0.3, -0.25) is 4.79 Å². The molecular weight excluding hydrogens is 186 g/mol. The van der Waals surface area contributed by atoms with E-state index in [-0.39, 0.29) is 5.78 Å². The zero-order valence-corrected chi connectivity index (χ0v) is 9.29. The number of allylic oxidation sites excluding steroid dienone is 2. The summed E-state index contributed by atoms with van der Waals surface area (Å²) in [6.07, 6.45) is 2.99. The van der Waals surface area contributed by atoms with Crippen LogP contribution in [0.4, 0.5) is 5.69 Å². The summed E-state index contributed by atoms with van der Waals surface area (Å²) in [6.45, 7) is 3.86. The number of anilines is 1. The molecular formula is C13H17NO. The van der Waals surface area contributed by atoms with E-state index in [9.17, 15) is 4.79 Å². The van der Waals surface area contributed by atoms with Crippen LogP contribution in [-0.2, 0) is 11.2 Å². The second kappa shape index (κ2) is 5.35. The molecule has 0 aliphatic rings. The Hall–Kier alpha value is -1.57. The molecule has 0 spiro atoms. The molecule has 0 saturated carbocycles. The van der Waals surface area contributed by atoms with Gasteiger partial charge in [0.1, 0.15) is 0 Å². The first-order valence-corrected chi connectivity index (χ1v) is 5.10. The van der Waals surface area contributed by atoms with Gasteiger partial charge in [0.2, 0.25) is 0 Å². The number of hydrogen-bond acceptors (Lipinski definition) is 2. The summed E-state index contributed by atoms with van der Waals surface area (Å²) >= 11 is 0. The van der Waals surface area contributed by atoms with Gasteiger partial charge in [0.05, 0.1) is 0 Å². The van der Waals surface area contributed by atoms with Crippen molar-refractivity contribution in [1.29, 1.82) is 0 Å². The van der Waals surface area contributed by atoms with Gasteiger partial charge in [-0.1, -0.05) is 17.7 Å². The second-order valence-electron chi connectivity index (χ2n) is 3.93. The number of carbonyl (C=O) groups is 1. The van der Waals surface area contributed by atoms with Crippen LogP contribution in [0.3, 0.4) is 0 Å². The summed E-state index contributed by atoms with van der Waals surface area (Å²) < 4.78 is 0. The zero-order valence-electron chi connectivity index (χ0n) is 9.29. The molecule has 2 nitrogen and oxygen atoms in total. The second-order valence-corrected chi connectivity index (χ2v) is 3.93. The molecule has 1 rings (SSSR count). The molecule has 0 fully saturated rings. The number of hydrogen-bond donors (Lipinski definition) is 1. The van der Waals surface area contributed by atoms with E-state index in [0.29, 0.717) is 6.42 Å². The van der Waals surface area contributed by atoms with Crippen molar-refractivity contribution in [1.82, 2.24) is 0 Å². The summed E-state index contributed by atoms with van der Waals surface area (Å²) in [7, 11) is 0. The summed E-state index contributed by atoms with van der Waals surface area (Å²) in [4.78, 5) is 11.4. The first kappa shape index (κ1) is 11.5. The van der Waals surface area contributed by atoms with Gasteiger partial charge in [-0.25, -0.2) is 0 Å². The molecule has 2 N–H and O–H groups in total. The van der Waals surface area contributed by atoms with E-state index in [4.69, 9.17) is 5.73 Å². The van der Waals surface area contributed by atoms with Crippen molar-refractivity contribution in [3.63, 3.8) is 0 Å². The fourth-order valence-corrected chi connectivity index (χ4v) is 1.41. The molecule has 0 amide bonds. The predicted octanol–water partition coefficient (Wildman–Crippen LogP) is 2.74. The van der Waals surface area contributed by atoms with Gasteiger partial charge < -0.3 is 5.73 Å². The number of rotatable bonds is 4. The first-order chi connectivity index (χ1) is 7.08. The van der Waals surface area contributed by atoms with Gasteiger partial charge in [-0.15, -0.1) is 0 Å². The minimum absolute atomic E-state index is 0.178. The van der Waals surface area contributed by atoms with Crippen LogP contribution < -0.4 is 5.73 Å². The maximum atomic E-state index is 11.4. The van der Waals surface area contributed by atoms with Crippen molar-refractivity contribution in [2.45, 2.75) is 26.7 Å². The van der Waals surface area contributed by atoms with Crippen molar-refractivity contribution in [3.8, 4) is 0 Å². The van der Waals surface area contributed by atoms with Crippen LogP contribution in [0.1, 0.15) is 25.8 Å². The molecule has 0 aromatic heterocycles. The van der Waals surface area contributed by atoms with Gasteiger partial charge in [-0.2, -0.15) is 0 Å². The third kappa shape index (κ3) is 4.45. The Bertz CT molecular complexity index is 376. The fourth-order valence-electron chi connectivity index (χ4n) is 1.41. The predicted molar refractivity (Wildman–Crippen MR) is 63.6 cm³/mol. The molecule has 0 heterocycles. The Kier molecular flexibility index (Phi) is 4.10. The molecule has 1 aromatic rings. The maximum Gasteiger partial charge on any atom is 0.155 e. The van der Waals surface area contributed by atoms with E-state index in [1.807, 2.05) is 38.1 Å². The quantitative estimate of drug-likeness (QED) is 0.604. The molecule has 0 unspecified atom stereocenters. The summed E-state index contributed by atoms with van der Waals surface area (Å²) in [5.41, 5.74) is 8.57. The summed E-state index contributed by atoms with van der Waals surface area (Å²) in [5, 5.41) is 0. The van der Waals surface area contributed by atoms with Crippen LogP contribution in [0, 0.1) is 0 Å². The van der Waals surface area contributed by atoms with Gasteiger partial charge in [0.15, 0.2) is 5.78 Å². The van der Waals surface area contributed by atoms with E-state index >= 15 is 0 Å². The Morgan fingerprint density at radius 3 is 2.73 bits per heavy atom. The Morgan fingerprint density at radius 2 is 2.13 bits per heavy atom. The molecule has 15 heavy (non-hydrogen) atoms. The van der Waals surface area contributed by atoms with Crippen LogP contribution in [0.5, 0.6) is 0 Å². The molecule has 0 radical (unpaired) electrons. The summed E-state index contributed by atoms with van der Waals surface area (Å²) in [6, 6.07) is 7.67. The van der Waals surface area contributed by atoms with Crippen molar-refractivity contribution >= 4 is 11.5 Å². The lowest BCUT2D eigenvalue weighted by Gasteiger charge is -2.00. The van der Waals surface area contributed by atoms with Gasteiger partial charge in [0, 0.05) is 12.1 Å². The SMILES string of the molecule is CC(C)=CC(=O)CCc1cccc(N)c1. The number of aryl methyl sites for hydroxylation is 1.